The predicted octanol–water partition coefficient (Wildman–Crippen LogP) is 4.98. The lowest BCUT2D eigenvalue weighted by Crippen LogP contribution is -2.48. The number of fused-ring (bicyclic) bond motifs is 1. The number of hydrogen-bond acceptors (Lipinski definition) is 6. The highest BCUT2D eigenvalue weighted by Crippen LogP contribution is 2.28. The molecule has 41 heavy (non-hydrogen) atoms. The van der Waals surface area contributed by atoms with E-state index in [1.165, 1.54) is 29.0 Å². The van der Waals surface area contributed by atoms with Crippen LogP contribution in [0.25, 0.3) is 11.0 Å². The van der Waals surface area contributed by atoms with E-state index in [4.69, 9.17) is 4.98 Å². The molecule has 3 heterocycles. The smallest absolute Gasteiger partial charge is 0.334 e. The molecule has 0 saturated carbocycles. The van der Waals surface area contributed by atoms with Gasteiger partial charge in [0, 0.05) is 51.5 Å². The molecule has 1 aliphatic heterocycles. The van der Waals surface area contributed by atoms with Crippen molar-refractivity contribution in [2.75, 3.05) is 43.0 Å². The van der Waals surface area contributed by atoms with Gasteiger partial charge in [0.2, 0.25) is 11.9 Å². The van der Waals surface area contributed by atoms with Gasteiger partial charge in [0.05, 0.1) is 17.6 Å². The molecule has 2 aromatic carbocycles. The van der Waals surface area contributed by atoms with Crippen LogP contribution in [0.1, 0.15) is 45.1 Å². The van der Waals surface area contributed by atoms with Crippen LogP contribution in [0.15, 0.2) is 65.6 Å². The summed E-state index contributed by atoms with van der Waals surface area (Å²) in [5.74, 6) is 1.01. The van der Waals surface area contributed by atoms with E-state index in [0.29, 0.717) is 25.6 Å². The molecule has 0 N–H and O–H groups in total. The zero-order valence-corrected chi connectivity index (χ0v) is 24.0. The molecule has 1 amide bonds. The Hall–Kier alpha value is -4.21. The number of piperidine rings is 1. The zero-order chi connectivity index (χ0) is 28.9. The van der Waals surface area contributed by atoms with Gasteiger partial charge in [-0.2, -0.15) is 4.57 Å². The van der Waals surface area contributed by atoms with E-state index < -0.39 is 0 Å². The third-order valence-electron chi connectivity index (χ3n) is 7.78. The fraction of sp³-hybridized carbons (Fsp3) is 0.419. The van der Waals surface area contributed by atoms with E-state index in [2.05, 4.69) is 20.5 Å². The van der Waals surface area contributed by atoms with Crippen LogP contribution in [-0.4, -0.2) is 69.3 Å². The monoisotopic (exact) mass is 559 g/mol. The lowest BCUT2D eigenvalue weighted by atomic mass is 10.0. The molecule has 0 radical (unpaired) electrons. The minimum absolute atomic E-state index is 0.0975. The summed E-state index contributed by atoms with van der Waals surface area (Å²) < 4.78 is 17.0. The van der Waals surface area contributed by atoms with Crippen molar-refractivity contribution in [2.24, 2.45) is 0 Å². The highest BCUT2D eigenvalue weighted by atomic mass is 19.1. The standard InChI is InChI=1S/C31H38FN7O2/c1-4-18-37(19-5-2)31(41)39-28(40)14-17-33-29(39)35(3)25-15-20-36(21-16-25)30-34-26-8-6-7-9-27(26)38(30)22-23-10-12-24(32)13-11-23/h6-14,17,25H,4-5,15-16,18-22H2,1-3H3. The first-order valence-corrected chi connectivity index (χ1v) is 14.5. The number of hydrogen-bond donors (Lipinski definition) is 0. The molecule has 5 rings (SSSR count). The SMILES string of the molecule is CCCN(CCC)C(=O)n1c(N(C)C2CCN(c3nc4ccccc4n3Cc3ccc(F)cc3)CC2)nccc1=O. The van der Waals surface area contributed by atoms with E-state index in [0.717, 1.165) is 61.3 Å². The Bertz CT molecular complexity index is 1530. The Morgan fingerprint density at radius 1 is 1.00 bits per heavy atom. The van der Waals surface area contributed by atoms with Gasteiger partial charge in [-0.15, -0.1) is 0 Å². The first-order valence-electron chi connectivity index (χ1n) is 14.5. The average molecular weight is 560 g/mol. The molecule has 9 nitrogen and oxygen atoms in total. The van der Waals surface area contributed by atoms with Gasteiger partial charge in [0.1, 0.15) is 5.82 Å². The number of benzene rings is 2. The maximum Gasteiger partial charge on any atom is 0.334 e. The van der Waals surface area contributed by atoms with Crippen molar-refractivity contribution < 1.29 is 9.18 Å². The number of aromatic nitrogens is 4. The normalized spacial score (nSPS) is 14.0. The Kier molecular flexibility index (Phi) is 8.66. The minimum atomic E-state index is -0.365. The lowest BCUT2D eigenvalue weighted by Gasteiger charge is -2.38. The number of imidazole rings is 1. The van der Waals surface area contributed by atoms with Crippen LogP contribution >= 0.6 is 0 Å². The molecule has 1 saturated heterocycles. The molecule has 4 aromatic rings. The summed E-state index contributed by atoms with van der Waals surface area (Å²) in [6, 6.07) is 15.8. The van der Waals surface area contributed by atoms with Crippen LogP contribution in [0, 0.1) is 5.82 Å². The first-order chi connectivity index (χ1) is 19.9. The van der Waals surface area contributed by atoms with E-state index in [9.17, 15) is 14.0 Å². The minimum Gasteiger partial charge on any atom is -0.342 e. The Morgan fingerprint density at radius 3 is 2.37 bits per heavy atom. The summed E-state index contributed by atoms with van der Waals surface area (Å²) in [5.41, 5.74) is 2.59. The van der Waals surface area contributed by atoms with Crippen LogP contribution in [0.2, 0.25) is 0 Å². The number of nitrogens with zero attached hydrogens (tertiary/aromatic N) is 7. The van der Waals surface area contributed by atoms with Gasteiger partial charge in [-0.25, -0.2) is 19.2 Å². The van der Waals surface area contributed by atoms with Crippen molar-refractivity contribution in [1.82, 2.24) is 24.0 Å². The number of halogens is 1. The van der Waals surface area contributed by atoms with Crippen molar-refractivity contribution >= 4 is 29.0 Å². The maximum atomic E-state index is 13.5. The second kappa shape index (κ2) is 12.5. The number of carbonyl (C=O) groups excluding carboxylic acids is 1. The van der Waals surface area contributed by atoms with Crippen LogP contribution in [0.5, 0.6) is 0 Å². The second-order valence-corrected chi connectivity index (χ2v) is 10.6. The molecular weight excluding hydrogens is 521 g/mol. The summed E-state index contributed by atoms with van der Waals surface area (Å²) in [6.07, 6.45) is 4.73. The predicted molar refractivity (Wildman–Crippen MR) is 160 cm³/mol. The molecular formula is C31H38FN7O2. The Labute approximate surface area is 239 Å². The zero-order valence-electron chi connectivity index (χ0n) is 24.0. The number of rotatable bonds is 9. The van der Waals surface area contributed by atoms with E-state index in [-0.39, 0.29) is 23.4 Å². The number of anilines is 2. The Balaban J connectivity index is 1.36. The molecule has 1 fully saturated rings. The van der Waals surface area contributed by atoms with Crippen LogP contribution < -0.4 is 15.4 Å². The van der Waals surface area contributed by atoms with Gasteiger partial charge in [-0.3, -0.25) is 4.79 Å². The summed E-state index contributed by atoms with van der Waals surface area (Å²) in [7, 11) is 1.92. The molecule has 2 aromatic heterocycles. The number of amides is 1. The quantitative estimate of drug-likeness (QED) is 0.288. The maximum absolute atomic E-state index is 13.5. The number of carbonyl (C=O) groups is 1. The molecule has 0 spiro atoms. The van der Waals surface area contributed by atoms with Crippen molar-refractivity contribution in [3.05, 3.63) is 82.5 Å². The van der Waals surface area contributed by atoms with Gasteiger partial charge in [-0.1, -0.05) is 38.1 Å². The van der Waals surface area contributed by atoms with Crippen LogP contribution in [-0.2, 0) is 6.54 Å². The third-order valence-corrected chi connectivity index (χ3v) is 7.78. The summed E-state index contributed by atoms with van der Waals surface area (Å²) >= 11 is 0. The van der Waals surface area contributed by atoms with Crippen molar-refractivity contribution in [1.29, 1.82) is 0 Å². The molecule has 0 atom stereocenters. The highest BCUT2D eigenvalue weighted by Gasteiger charge is 2.29. The van der Waals surface area contributed by atoms with Crippen molar-refractivity contribution in [3.63, 3.8) is 0 Å². The molecule has 0 bridgehead atoms. The van der Waals surface area contributed by atoms with E-state index in [1.807, 2.05) is 56.1 Å². The molecule has 10 heteroatoms. The van der Waals surface area contributed by atoms with Crippen LogP contribution in [0.3, 0.4) is 0 Å². The van der Waals surface area contributed by atoms with Gasteiger partial charge in [0.25, 0.3) is 5.56 Å². The molecule has 0 aliphatic carbocycles. The van der Waals surface area contributed by atoms with Crippen molar-refractivity contribution in [2.45, 2.75) is 52.1 Å². The highest BCUT2D eigenvalue weighted by molar-refractivity contribution is 5.80. The topological polar surface area (TPSA) is 79.5 Å². The van der Waals surface area contributed by atoms with Gasteiger partial charge < -0.3 is 19.3 Å². The first kappa shape index (κ1) is 28.3. The third kappa shape index (κ3) is 5.96. The summed E-state index contributed by atoms with van der Waals surface area (Å²) in [5, 5.41) is 0. The van der Waals surface area contributed by atoms with Gasteiger partial charge >= 0.3 is 6.03 Å². The van der Waals surface area contributed by atoms with Crippen molar-refractivity contribution in [3.8, 4) is 0 Å². The largest absolute Gasteiger partial charge is 0.342 e. The fourth-order valence-corrected chi connectivity index (χ4v) is 5.66. The Morgan fingerprint density at radius 2 is 1.68 bits per heavy atom. The lowest BCUT2D eigenvalue weighted by molar-refractivity contribution is 0.198. The van der Waals surface area contributed by atoms with E-state index >= 15 is 0 Å². The molecule has 0 unspecified atom stereocenters. The van der Waals surface area contributed by atoms with Crippen LogP contribution in [0.4, 0.5) is 21.1 Å². The van der Waals surface area contributed by atoms with E-state index in [1.54, 1.807) is 4.90 Å². The second-order valence-electron chi connectivity index (χ2n) is 10.6. The van der Waals surface area contributed by atoms with Gasteiger partial charge in [0.15, 0.2) is 0 Å². The molecule has 216 valence electrons. The number of para-hydroxylation sites is 2. The summed E-state index contributed by atoms with van der Waals surface area (Å²) in [4.78, 5) is 41.9. The average Bonchev–Trinajstić information content (AvgIpc) is 3.35. The van der Waals surface area contributed by atoms with Gasteiger partial charge in [-0.05, 0) is 55.5 Å². The molecule has 1 aliphatic rings. The summed E-state index contributed by atoms with van der Waals surface area (Å²) in [6.45, 7) is 7.33. The fourth-order valence-electron chi connectivity index (χ4n) is 5.66.